The molecular formula is C15H18FN3O. The van der Waals surface area contributed by atoms with Crippen molar-refractivity contribution in [3.63, 3.8) is 0 Å². The van der Waals surface area contributed by atoms with Gasteiger partial charge in [-0.2, -0.15) is 0 Å². The Balaban J connectivity index is 1.93. The van der Waals surface area contributed by atoms with E-state index in [9.17, 15) is 9.18 Å². The van der Waals surface area contributed by atoms with E-state index in [1.54, 1.807) is 6.07 Å². The fraction of sp³-hybridized carbons (Fsp3) is 0.400. The number of halogens is 1. The molecule has 1 aliphatic rings. The molecule has 5 heteroatoms. The summed E-state index contributed by atoms with van der Waals surface area (Å²) in [6.07, 6.45) is 0. The Kier molecular flexibility index (Phi) is 3.22. The minimum absolute atomic E-state index is 0.00667. The molecule has 4 nitrogen and oxygen atoms in total. The van der Waals surface area contributed by atoms with Crippen molar-refractivity contribution in [2.75, 3.05) is 33.2 Å². The van der Waals surface area contributed by atoms with E-state index in [0.29, 0.717) is 5.69 Å². The van der Waals surface area contributed by atoms with Gasteiger partial charge >= 0.3 is 0 Å². The molecule has 1 aromatic heterocycles. The van der Waals surface area contributed by atoms with Gasteiger partial charge in [0.25, 0.3) is 5.91 Å². The zero-order valence-electron chi connectivity index (χ0n) is 11.7. The van der Waals surface area contributed by atoms with Crippen molar-refractivity contribution < 1.29 is 9.18 Å². The zero-order chi connectivity index (χ0) is 14.3. The van der Waals surface area contributed by atoms with Crippen LogP contribution in [0.2, 0.25) is 0 Å². The van der Waals surface area contributed by atoms with Crippen molar-refractivity contribution in [1.29, 1.82) is 0 Å². The van der Waals surface area contributed by atoms with E-state index in [1.165, 1.54) is 12.1 Å². The van der Waals surface area contributed by atoms with E-state index in [-0.39, 0.29) is 11.7 Å². The number of nitrogens with one attached hydrogen (secondary N) is 1. The third kappa shape index (κ3) is 2.18. The minimum Gasteiger partial charge on any atom is -0.350 e. The Bertz CT molecular complexity index is 656. The number of piperazine rings is 1. The Morgan fingerprint density at radius 1 is 1.25 bits per heavy atom. The summed E-state index contributed by atoms with van der Waals surface area (Å²) in [6.45, 7) is 5.11. The van der Waals surface area contributed by atoms with Crippen LogP contribution in [0.4, 0.5) is 4.39 Å². The molecule has 0 unspecified atom stereocenters. The van der Waals surface area contributed by atoms with Gasteiger partial charge in [-0.05, 0) is 37.7 Å². The summed E-state index contributed by atoms with van der Waals surface area (Å²) in [5, 5.41) is 0.780. The Morgan fingerprint density at radius 3 is 2.65 bits per heavy atom. The highest BCUT2D eigenvalue weighted by molar-refractivity contribution is 6.00. The van der Waals surface area contributed by atoms with Gasteiger partial charge in [-0.1, -0.05) is 0 Å². The highest BCUT2D eigenvalue weighted by Gasteiger charge is 2.23. The van der Waals surface area contributed by atoms with Gasteiger partial charge in [0, 0.05) is 37.1 Å². The molecule has 1 amide bonds. The number of likely N-dealkylation sites (N-methyl/N-ethyl adjacent to an activating group) is 1. The number of aryl methyl sites for hydroxylation is 1. The fourth-order valence-corrected chi connectivity index (χ4v) is 2.68. The molecule has 106 valence electrons. The van der Waals surface area contributed by atoms with Crippen LogP contribution in [-0.2, 0) is 0 Å². The van der Waals surface area contributed by atoms with Crippen LogP contribution in [0.3, 0.4) is 0 Å². The lowest BCUT2D eigenvalue weighted by molar-refractivity contribution is 0.0658. The number of benzene rings is 1. The molecule has 0 bridgehead atoms. The lowest BCUT2D eigenvalue weighted by Gasteiger charge is -2.32. The molecule has 0 radical (unpaired) electrons. The van der Waals surface area contributed by atoms with Crippen LogP contribution < -0.4 is 0 Å². The molecule has 1 N–H and O–H groups in total. The van der Waals surface area contributed by atoms with E-state index in [1.807, 2.05) is 11.8 Å². The maximum absolute atomic E-state index is 13.3. The maximum atomic E-state index is 13.3. The number of amides is 1. The van der Waals surface area contributed by atoms with E-state index >= 15 is 0 Å². The molecule has 0 atom stereocenters. The number of hydrogen-bond donors (Lipinski definition) is 1. The van der Waals surface area contributed by atoms with Crippen LogP contribution in [-0.4, -0.2) is 53.9 Å². The monoisotopic (exact) mass is 275 g/mol. The first-order valence-corrected chi connectivity index (χ1v) is 6.82. The van der Waals surface area contributed by atoms with Crippen molar-refractivity contribution in [3.8, 4) is 0 Å². The first-order valence-electron chi connectivity index (χ1n) is 6.82. The molecule has 1 saturated heterocycles. The molecule has 20 heavy (non-hydrogen) atoms. The second-order valence-corrected chi connectivity index (χ2v) is 5.41. The number of aromatic nitrogens is 1. The zero-order valence-corrected chi connectivity index (χ0v) is 11.7. The maximum Gasteiger partial charge on any atom is 0.270 e. The quantitative estimate of drug-likeness (QED) is 0.864. The van der Waals surface area contributed by atoms with Crippen molar-refractivity contribution in [2.24, 2.45) is 0 Å². The summed E-state index contributed by atoms with van der Waals surface area (Å²) >= 11 is 0. The number of hydrogen-bond acceptors (Lipinski definition) is 2. The van der Waals surface area contributed by atoms with Gasteiger partial charge in [-0.15, -0.1) is 0 Å². The number of fused-ring (bicyclic) bond motifs is 1. The summed E-state index contributed by atoms with van der Waals surface area (Å²) in [5.74, 6) is -0.273. The third-order valence-corrected chi connectivity index (χ3v) is 4.02. The first kappa shape index (κ1) is 13.1. The molecule has 0 spiro atoms. The van der Waals surface area contributed by atoms with Crippen LogP contribution in [0.5, 0.6) is 0 Å². The Labute approximate surface area is 117 Å². The van der Waals surface area contributed by atoms with Crippen molar-refractivity contribution >= 4 is 16.8 Å². The molecular weight excluding hydrogens is 257 g/mol. The second-order valence-electron chi connectivity index (χ2n) is 5.41. The van der Waals surface area contributed by atoms with Crippen LogP contribution >= 0.6 is 0 Å². The second kappa shape index (κ2) is 4.90. The van der Waals surface area contributed by atoms with Crippen molar-refractivity contribution in [2.45, 2.75) is 6.92 Å². The van der Waals surface area contributed by atoms with Crippen molar-refractivity contribution in [1.82, 2.24) is 14.8 Å². The number of carbonyl (C=O) groups excluding carboxylic acids is 1. The highest BCUT2D eigenvalue weighted by atomic mass is 19.1. The Hall–Kier alpha value is -1.88. The lowest BCUT2D eigenvalue weighted by Crippen LogP contribution is -2.47. The van der Waals surface area contributed by atoms with Gasteiger partial charge < -0.3 is 14.8 Å². The van der Waals surface area contributed by atoms with E-state index in [2.05, 4.69) is 16.9 Å². The van der Waals surface area contributed by atoms with Crippen molar-refractivity contribution in [3.05, 3.63) is 35.3 Å². The van der Waals surface area contributed by atoms with Gasteiger partial charge in [0.05, 0.1) is 0 Å². The van der Waals surface area contributed by atoms with Crippen LogP contribution in [0.15, 0.2) is 18.2 Å². The van der Waals surface area contributed by atoms with E-state index in [4.69, 9.17) is 0 Å². The molecule has 0 saturated carbocycles. The SMILES string of the molecule is Cc1c(C(=O)N2CCN(C)CC2)[nH]c2ccc(F)cc12. The van der Waals surface area contributed by atoms with Gasteiger partial charge in [0.2, 0.25) is 0 Å². The average Bonchev–Trinajstić information content (AvgIpc) is 2.76. The number of carbonyl (C=O) groups is 1. The summed E-state index contributed by atoms with van der Waals surface area (Å²) in [4.78, 5) is 19.8. The van der Waals surface area contributed by atoms with E-state index < -0.39 is 0 Å². The topological polar surface area (TPSA) is 39.3 Å². The van der Waals surface area contributed by atoms with E-state index in [0.717, 1.165) is 42.6 Å². The minimum atomic E-state index is -0.279. The predicted molar refractivity (Wildman–Crippen MR) is 76.4 cm³/mol. The standard InChI is InChI=1S/C15H18FN3O/c1-10-12-9-11(16)3-4-13(12)17-14(10)15(20)19-7-5-18(2)6-8-19/h3-4,9,17H,5-8H2,1-2H3. The summed E-state index contributed by atoms with van der Waals surface area (Å²) in [6, 6.07) is 4.56. The predicted octanol–water partition coefficient (Wildman–Crippen LogP) is 2.00. The average molecular weight is 275 g/mol. The highest BCUT2D eigenvalue weighted by Crippen LogP contribution is 2.23. The van der Waals surface area contributed by atoms with Gasteiger partial charge in [0.1, 0.15) is 11.5 Å². The van der Waals surface area contributed by atoms with Gasteiger partial charge in [0.15, 0.2) is 0 Å². The summed E-state index contributed by atoms with van der Waals surface area (Å²) in [5.41, 5.74) is 2.21. The normalized spacial score (nSPS) is 16.9. The molecule has 1 aromatic carbocycles. The number of H-pyrrole nitrogens is 1. The number of rotatable bonds is 1. The number of nitrogens with zero attached hydrogens (tertiary/aromatic N) is 2. The Morgan fingerprint density at radius 2 is 1.95 bits per heavy atom. The molecule has 2 heterocycles. The largest absolute Gasteiger partial charge is 0.350 e. The first-order chi connectivity index (χ1) is 9.56. The van der Waals surface area contributed by atoms with Gasteiger partial charge in [-0.25, -0.2) is 4.39 Å². The summed E-state index contributed by atoms with van der Waals surface area (Å²) in [7, 11) is 2.05. The number of aromatic amines is 1. The molecule has 2 aromatic rings. The third-order valence-electron chi connectivity index (χ3n) is 4.02. The molecule has 0 aliphatic carbocycles. The smallest absolute Gasteiger partial charge is 0.270 e. The molecule has 3 rings (SSSR count). The van der Waals surface area contributed by atoms with Gasteiger partial charge in [-0.3, -0.25) is 4.79 Å². The van der Waals surface area contributed by atoms with Crippen LogP contribution in [0.1, 0.15) is 16.1 Å². The lowest BCUT2D eigenvalue weighted by atomic mass is 10.1. The van der Waals surface area contributed by atoms with Crippen LogP contribution in [0, 0.1) is 12.7 Å². The molecule has 1 fully saturated rings. The molecule has 1 aliphatic heterocycles. The van der Waals surface area contributed by atoms with Crippen LogP contribution in [0.25, 0.3) is 10.9 Å². The fourth-order valence-electron chi connectivity index (χ4n) is 2.68. The summed E-state index contributed by atoms with van der Waals surface area (Å²) < 4.78 is 13.3.